The second-order valence-corrected chi connectivity index (χ2v) is 5.78. The molecular weight excluding hydrogens is 304 g/mol. The third-order valence-corrected chi connectivity index (χ3v) is 4.19. The number of aromatic nitrogens is 1. The Morgan fingerprint density at radius 1 is 1.32 bits per heavy atom. The number of benzene rings is 1. The molecule has 0 saturated heterocycles. The Labute approximate surface area is 129 Å². The summed E-state index contributed by atoms with van der Waals surface area (Å²) in [5.74, 6) is 0.286. The van der Waals surface area contributed by atoms with Gasteiger partial charge in [-0.15, -0.1) is 0 Å². The minimum absolute atomic E-state index is 0.00844. The van der Waals surface area contributed by atoms with Crippen molar-refractivity contribution in [2.45, 2.75) is 4.90 Å². The Kier molecular flexibility index (Phi) is 5.16. The molecule has 8 heteroatoms. The molecule has 1 atom stereocenters. The average molecular weight is 316 g/mol. The van der Waals surface area contributed by atoms with E-state index in [9.17, 15) is 14.3 Å². The fraction of sp³-hybridized carbons (Fsp3) is 0.143. The summed E-state index contributed by atoms with van der Waals surface area (Å²) in [6.45, 7) is 0.240. The van der Waals surface area contributed by atoms with E-state index in [2.05, 4.69) is 10.3 Å². The van der Waals surface area contributed by atoms with Crippen molar-refractivity contribution in [1.82, 2.24) is 4.98 Å². The van der Waals surface area contributed by atoms with Crippen LogP contribution in [0.3, 0.4) is 0 Å². The first-order chi connectivity index (χ1) is 10.6. The monoisotopic (exact) mass is 316 g/mol. The molecule has 0 aliphatic heterocycles. The van der Waals surface area contributed by atoms with E-state index in [1.807, 2.05) is 6.07 Å². The van der Waals surface area contributed by atoms with Crippen LogP contribution in [0.4, 0.5) is 11.5 Å². The van der Waals surface area contributed by atoms with Crippen molar-refractivity contribution in [3.63, 3.8) is 0 Å². The number of nitro groups is 1. The first kappa shape index (κ1) is 15.6. The summed E-state index contributed by atoms with van der Waals surface area (Å²) in [5.41, 5.74) is -0.429. The molecule has 0 aliphatic carbocycles. The second kappa shape index (κ2) is 7.28. The van der Waals surface area contributed by atoms with Crippen LogP contribution in [0.25, 0.3) is 0 Å². The third-order valence-electron chi connectivity index (χ3n) is 2.81. The van der Waals surface area contributed by atoms with Gasteiger partial charge in [-0.3, -0.25) is 14.3 Å². The Bertz CT molecular complexity index is 743. The minimum Gasteiger partial charge on any atom is -0.363 e. The standard InChI is InChI=1S/C14H12N4O3S/c15-10-11-6-7-16-14(13(11)18(19)20)17-8-9-22(21)12-4-2-1-3-5-12/h1-7H,8-9H2,(H,16,17)/t22-/m1/s1. The van der Waals surface area contributed by atoms with Crippen LogP contribution in [0, 0.1) is 21.4 Å². The van der Waals surface area contributed by atoms with Crippen LogP contribution in [-0.2, 0) is 10.8 Å². The van der Waals surface area contributed by atoms with Crippen molar-refractivity contribution in [1.29, 1.82) is 5.26 Å². The number of nitrogens with zero attached hydrogens (tertiary/aromatic N) is 3. The number of nitriles is 1. The number of rotatable bonds is 6. The average Bonchev–Trinajstić information content (AvgIpc) is 2.55. The van der Waals surface area contributed by atoms with Crippen LogP contribution < -0.4 is 5.32 Å². The van der Waals surface area contributed by atoms with Crippen molar-refractivity contribution in [2.24, 2.45) is 0 Å². The zero-order valence-corrected chi connectivity index (χ0v) is 12.2. The highest BCUT2D eigenvalue weighted by molar-refractivity contribution is 7.85. The lowest BCUT2D eigenvalue weighted by Gasteiger charge is -2.07. The first-order valence-corrected chi connectivity index (χ1v) is 7.66. The zero-order valence-electron chi connectivity index (χ0n) is 11.4. The van der Waals surface area contributed by atoms with Gasteiger partial charge in [0.05, 0.1) is 15.7 Å². The van der Waals surface area contributed by atoms with Gasteiger partial charge in [-0.1, -0.05) is 18.2 Å². The van der Waals surface area contributed by atoms with Crippen molar-refractivity contribution in [2.75, 3.05) is 17.6 Å². The van der Waals surface area contributed by atoms with E-state index in [4.69, 9.17) is 5.26 Å². The van der Waals surface area contributed by atoms with Crippen LogP contribution in [0.5, 0.6) is 0 Å². The lowest BCUT2D eigenvalue weighted by molar-refractivity contribution is -0.384. The van der Waals surface area contributed by atoms with Crippen molar-refractivity contribution >= 4 is 22.3 Å². The van der Waals surface area contributed by atoms with Gasteiger partial charge >= 0.3 is 5.69 Å². The number of nitrogens with one attached hydrogen (secondary N) is 1. The summed E-state index contributed by atoms with van der Waals surface area (Å²) in [4.78, 5) is 15.0. The van der Waals surface area contributed by atoms with Crippen molar-refractivity contribution in [3.8, 4) is 6.07 Å². The van der Waals surface area contributed by atoms with E-state index in [-0.39, 0.29) is 29.4 Å². The Balaban J connectivity index is 2.05. The molecule has 1 aromatic heterocycles. The highest BCUT2D eigenvalue weighted by atomic mass is 32.2. The first-order valence-electron chi connectivity index (χ1n) is 6.34. The van der Waals surface area contributed by atoms with Crippen molar-refractivity contribution < 1.29 is 9.13 Å². The summed E-state index contributed by atoms with van der Waals surface area (Å²) in [6, 6.07) is 12.0. The predicted octanol–water partition coefficient (Wildman–Crippen LogP) is 2.08. The SMILES string of the molecule is N#Cc1ccnc(NCC[S@@](=O)c2ccccc2)c1[N+](=O)[O-]. The maximum atomic E-state index is 12.0. The molecule has 22 heavy (non-hydrogen) atoms. The molecule has 2 rings (SSSR count). The topological polar surface area (TPSA) is 109 Å². The second-order valence-electron chi connectivity index (χ2n) is 4.21. The minimum atomic E-state index is -1.21. The lowest BCUT2D eigenvalue weighted by atomic mass is 10.2. The van der Waals surface area contributed by atoms with Gasteiger partial charge in [-0.2, -0.15) is 5.26 Å². The van der Waals surface area contributed by atoms with Gasteiger partial charge in [0.2, 0.25) is 5.82 Å². The van der Waals surface area contributed by atoms with Crippen molar-refractivity contribution in [3.05, 3.63) is 58.3 Å². The molecule has 2 aromatic rings. The normalized spacial score (nSPS) is 11.4. The Morgan fingerprint density at radius 3 is 2.68 bits per heavy atom. The molecule has 0 saturated carbocycles. The number of anilines is 1. The number of pyridine rings is 1. The third kappa shape index (κ3) is 3.65. The Hall–Kier alpha value is -2.79. The maximum absolute atomic E-state index is 12.0. The molecular formula is C14H12N4O3S. The maximum Gasteiger partial charge on any atom is 0.328 e. The van der Waals surface area contributed by atoms with E-state index < -0.39 is 15.7 Å². The molecule has 1 heterocycles. The molecule has 0 bridgehead atoms. The molecule has 0 aliphatic rings. The van der Waals surface area contributed by atoms with E-state index >= 15 is 0 Å². The van der Waals surface area contributed by atoms with E-state index in [1.165, 1.54) is 12.3 Å². The lowest BCUT2D eigenvalue weighted by Crippen LogP contribution is -2.13. The molecule has 0 fully saturated rings. The van der Waals surface area contributed by atoms with Gasteiger partial charge in [0.15, 0.2) is 0 Å². The van der Waals surface area contributed by atoms with Crippen LogP contribution in [0.2, 0.25) is 0 Å². The van der Waals surface area contributed by atoms with E-state index in [0.717, 1.165) is 0 Å². The summed E-state index contributed by atoms with van der Waals surface area (Å²) in [7, 11) is -1.21. The van der Waals surface area contributed by atoms with Gasteiger partial charge in [0, 0.05) is 23.4 Å². The number of hydrogen-bond donors (Lipinski definition) is 1. The largest absolute Gasteiger partial charge is 0.363 e. The smallest absolute Gasteiger partial charge is 0.328 e. The summed E-state index contributed by atoms with van der Waals surface area (Å²) in [6.07, 6.45) is 1.32. The highest BCUT2D eigenvalue weighted by Crippen LogP contribution is 2.25. The van der Waals surface area contributed by atoms with Crippen LogP contribution in [-0.4, -0.2) is 26.4 Å². The molecule has 7 nitrogen and oxygen atoms in total. The molecule has 0 unspecified atom stereocenters. The predicted molar refractivity (Wildman–Crippen MR) is 81.8 cm³/mol. The molecule has 0 amide bonds. The van der Waals surface area contributed by atoms with Gasteiger partial charge in [0.25, 0.3) is 0 Å². The zero-order chi connectivity index (χ0) is 15.9. The highest BCUT2D eigenvalue weighted by Gasteiger charge is 2.20. The van der Waals surface area contributed by atoms with E-state index in [0.29, 0.717) is 4.90 Å². The molecule has 1 aromatic carbocycles. The summed E-state index contributed by atoms with van der Waals surface area (Å²) >= 11 is 0. The fourth-order valence-corrected chi connectivity index (χ4v) is 2.79. The quantitative estimate of drug-likeness (QED) is 0.645. The van der Waals surface area contributed by atoms with Gasteiger partial charge in [-0.25, -0.2) is 4.98 Å². The Morgan fingerprint density at radius 2 is 2.05 bits per heavy atom. The van der Waals surface area contributed by atoms with Crippen LogP contribution >= 0.6 is 0 Å². The molecule has 0 spiro atoms. The molecule has 112 valence electrons. The van der Waals surface area contributed by atoms with Crippen LogP contribution in [0.1, 0.15) is 5.56 Å². The van der Waals surface area contributed by atoms with Gasteiger partial charge < -0.3 is 5.32 Å². The summed E-state index contributed by atoms with van der Waals surface area (Å²) < 4.78 is 12.0. The number of hydrogen-bond acceptors (Lipinski definition) is 6. The van der Waals surface area contributed by atoms with Gasteiger partial charge in [0.1, 0.15) is 11.6 Å². The van der Waals surface area contributed by atoms with E-state index in [1.54, 1.807) is 30.3 Å². The van der Waals surface area contributed by atoms with Crippen LogP contribution in [0.15, 0.2) is 47.5 Å². The fourth-order valence-electron chi connectivity index (χ4n) is 1.81. The molecule has 1 N–H and O–H groups in total. The summed E-state index contributed by atoms with van der Waals surface area (Å²) in [5, 5.41) is 22.7. The molecule has 0 radical (unpaired) electrons. The van der Waals surface area contributed by atoms with Gasteiger partial charge in [-0.05, 0) is 18.2 Å².